The van der Waals surface area contributed by atoms with Crippen molar-refractivity contribution >= 4 is 10.0 Å². The van der Waals surface area contributed by atoms with E-state index in [0.717, 1.165) is 0 Å². The lowest BCUT2D eigenvalue weighted by Crippen LogP contribution is -2.27. The Morgan fingerprint density at radius 3 is 1.82 bits per heavy atom. The first-order chi connectivity index (χ1) is 5.02. The molecule has 0 amide bonds. The molecule has 0 heterocycles. The first-order valence-electron chi connectivity index (χ1n) is 3.25. The van der Waals surface area contributed by atoms with Gasteiger partial charge in [0.05, 0.1) is 5.25 Å². The van der Waals surface area contributed by atoms with Crippen LogP contribution in [-0.4, -0.2) is 13.7 Å². The predicted octanol–water partition coefficient (Wildman–Crippen LogP) is 0.796. The average molecular weight is 175 g/mol. The lowest BCUT2D eigenvalue weighted by Gasteiger charge is -2.08. The van der Waals surface area contributed by atoms with Crippen molar-refractivity contribution < 1.29 is 8.42 Å². The SMILES string of the molecule is C=CCC(CC=C)S(N)(=O)=O. The maximum atomic E-state index is 10.8. The second-order valence-corrected chi connectivity index (χ2v) is 4.10. The highest BCUT2D eigenvalue weighted by Gasteiger charge is 2.17. The highest BCUT2D eigenvalue weighted by molar-refractivity contribution is 7.89. The highest BCUT2D eigenvalue weighted by atomic mass is 32.2. The zero-order chi connectivity index (χ0) is 8.91. The molecular weight excluding hydrogens is 162 g/mol. The molecule has 0 unspecified atom stereocenters. The zero-order valence-corrected chi connectivity index (χ0v) is 7.18. The van der Waals surface area contributed by atoms with Crippen molar-refractivity contribution in [2.45, 2.75) is 18.1 Å². The van der Waals surface area contributed by atoms with Crippen molar-refractivity contribution in [2.75, 3.05) is 0 Å². The summed E-state index contributed by atoms with van der Waals surface area (Å²) in [7, 11) is -3.43. The molecular formula is C7H13NO2S. The number of sulfonamides is 1. The van der Waals surface area contributed by atoms with Gasteiger partial charge in [-0.15, -0.1) is 13.2 Å². The molecule has 3 nitrogen and oxygen atoms in total. The molecule has 11 heavy (non-hydrogen) atoms. The zero-order valence-electron chi connectivity index (χ0n) is 6.36. The van der Waals surface area contributed by atoms with E-state index in [1.54, 1.807) is 12.2 Å². The Bertz CT molecular complexity index is 221. The van der Waals surface area contributed by atoms with Gasteiger partial charge in [0, 0.05) is 0 Å². The van der Waals surface area contributed by atoms with Gasteiger partial charge in [-0.05, 0) is 12.8 Å². The van der Waals surface area contributed by atoms with Crippen molar-refractivity contribution in [1.29, 1.82) is 0 Å². The summed E-state index contributed by atoms with van der Waals surface area (Å²) in [6, 6.07) is 0. The van der Waals surface area contributed by atoms with E-state index in [2.05, 4.69) is 13.2 Å². The fourth-order valence-electron chi connectivity index (χ4n) is 0.736. The Labute approximate surface area is 67.7 Å². The van der Waals surface area contributed by atoms with E-state index >= 15 is 0 Å². The van der Waals surface area contributed by atoms with Gasteiger partial charge in [0.2, 0.25) is 10.0 Å². The molecule has 0 rings (SSSR count). The number of hydrogen-bond donors (Lipinski definition) is 1. The normalized spacial score (nSPS) is 11.5. The van der Waals surface area contributed by atoms with Gasteiger partial charge in [-0.25, -0.2) is 13.6 Å². The van der Waals surface area contributed by atoms with Gasteiger partial charge in [-0.1, -0.05) is 12.2 Å². The summed E-state index contributed by atoms with van der Waals surface area (Å²) in [5.74, 6) is 0. The molecule has 2 N–H and O–H groups in total. The summed E-state index contributed by atoms with van der Waals surface area (Å²) >= 11 is 0. The monoisotopic (exact) mass is 175 g/mol. The molecule has 0 saturated heterocycles. The van der Waals surface area contributed by atoms with Gasteiger partial charge in [0.1, 0.15) is 0 Å². The Hall–Kier alpha value is -0.610. The third-order valence-electron chi connectivity index (χ3n) is 1.32. The summed E-state index contributed by atoms with van der Waals surface area (Å²) in [4.78, 5) is 0. The number of allylic oxidation sites excluding steroid dienone is 2. The first kappa shape index (κ1) is 10.4. The fraction of sp³-hybridized carbons (Fsp3) is 0.429. The van der Waals surface area contributed by atoms with Crippen molar-refractivity contribution in [3.63, 3.8) is 0 Å². The number of primary sulfonamides is 1. The van der Waals surface area contributed by atoms with E-state index in [1.807, 2.05) is 0 Å². The Balaban J connectivity index is 4.33. The predicted molar refractivity (Wildman–Crippen MR) is 46.5 cm³/mol. The van der Waals surface area contributed by atoms with Crippen LogP contribution in [0.5, 0.6) is 0 Å². The molecule has 0 radical (unpaired) electrons. The van der Waals surface area contributed by atoms with Crippen LogP contribution in [0.3, 0.4) is 0 Å². The minimum absolute atomic E-state index is 0.380. The minimum atomic E-state index is -3.43. The molecule has 0 aromatic heterocycles. The Kier molecular flexibility index (Phi) is 4.07. The van der Waals surface area contributed by atoms with Crippen LogP contribution in [0.15, 0.2) is 25.3 Å². The minimum Gasteiger partial charge on any atom is -0.228 e. The van der Waals surface area contributed by atoms with Gasteiger partial charge in [-0.2, -0.15) is 0 Å². The second-order valence-electron chi connectivity index (χ2n) is 2.26. The Morgan fingerprint density at radius 1 is 1.27 bits per heavy atom. The van der Waals surface area contributed by atoms with Crippen LogP contribution in [0.1, 0.15) is 12.8 Å². The molecule has 4 heteroatoms. The maximum Gasteiger partial charge on any atom is 0.212 e. The van der Waals surface area contributed by atoms with Crippen LogP contribution in [0.2, 0.25) is 0 Å². The van der Waals surface area contributed by atoms with Gasteiger partial charge < -0.3 is 0 Å². The number of nitrogens with two attached hydrogens (primary N) is 1. The van der Waals surface area contributed by atoms with Crippen LogP contribution in [0.25, 0.3) is 0 Å². The van der Waals surface area contributed by atoms with Crippen LogP contribution in [0.4, 0.5) is 0 Å². The lowest BCUT2D eigenvalue weighted by molar-refractivity contribution is 0.580. The van der Waals surface area contributed by atoms with E-state index in [1.165, 1.54) is 0 Å². The molecule has 0 spiro atoms. The summed E-state index contributed by atoms with van der Waals surface area (Å²) < 4.78 is 21.6. The second kappa shape index (κ2) is 4.31. The average Bonchev–Trinajstić information content (AvgIpc) is 1.85. The molecule has 0 aliphatic heterocycles. The largest absolute Gasteiger partial charge is 0.228 e. The molecule has 64 valence electrons. The number of hydrogen-bond acceptors (Lipinski definition) is 2. The van der Waals surface area contributed by atoms with Gasteiger partial charge in [-0.3, -0.25) is 0 Å². The van der Waals surface area contributed by atoms with Gasteiger partial charge in [0.15, 0.2) is 0 Å². The van der Waals surface area contributed by atoms with Crippen molar-refractivity contribution in [3.05, 3.63) is 25.3 Å². The molecule has 0 bridgehead atoms. The Morgan fingerprint density at radius 2 is 1.64 bits per heavy atom. The molecule has 0 saturated carbocycles. The van der Waals surface area contributed by atoms with Crippen molar-refractivity contribution in [2.24, 2.45) is 5.14 Å². The van der Waals surface area contributed by atoms with Crippen molar-refractivity contribution in [1.82, 2.24) is 0 Å². The molecule has 0 aromatic carbocycles. The standard InChI is InChI=1S/C7H13NO2S/c1-3-5-7(6-4-2)11(8,9)10/h3-4,7H,1-2,5-6H2,(H2,8,9,10). The topological polar surface area (TPSA) is 60.2 Å². The third kappa shape index (κ3) is 3.95. The van der Waals surface area contributed by atoms with Gasteiger partial charge >= 0.3 is 0 Å². The molecule has 0 aliphatic rings. The van der Waals surface area contributed by atoms with Crippen LogP contribution >= 0.6 is 0 Å². The third-order valence-corrected chi connectivity index (χ3v) is 2.64. The van der Waals surface area contributed by atoms with Crippen molar-refractivity contribution in [3.8, 4) is 0 Å². The maximum absolute atomic E-state index is 10.8. The first-order valence-corrected chi connectivity index (χ1v) is 4.86. The summed E-state index contributed by atoms with van der Waals surface area (Å²) in [5, 5.41) is 4.37. The molecule has 0 aliphatic carbocycles. The fourth-order valence-corrected chi connectivity index (χ4v) is 1.54. The van der Waals surface area contributed by atoms with Gasteiger partial charge in [0.25, 0.3) is 0 Å². The molecule has 0 aromatic rings. The number of rotatable bonds is 5. The highest BCUT2D eigenvalue weighted by Crippen LogP contribution is 2.07. The summed E-state index contributed by atoms with van der Waals surface area (Å²) in [5.41, 5.74) is 0. The van der Waals surface area contributed by atoms with E-state index in [-0.39, 0.29) is 0 Å². The van der Waals surface area contributed by atoms with Crippen LogP contribution in [-0.2, 0) is 10.0 Å². The summed E-state index contributed by atoms with van der Waals surface area (Å²) in [6.45, 7) is 6.88. The van der Waals surface area contributed by atoms with E-state index in [4.69, 9.17) is 5.14 Å². The van der Waals surface area contributed by atoms with Crippen LogP contribution in [0, 0.1) is 0 Å². The smallest absolute Gasteiger partial charge is 0.212 e. The van der Waals surface area contributed by atoms with E-state index < -0.39 is 15.3 Å². The lowest BCUT2D eigenvalue weighted by atomic mass is 10.2. The van der Waals surface area contributed by atoms with Crippen LogP contribution < -0.4 is 5.14 Å². The summed E-state index contributed by atoms with van der Waals surface area (Å²) in [6.07, 6.45) is 3.84. The molecule has 0 atom stereocenters. The van der Waals surface area contributed by atoms with E-state index in [0.29, 0.717) is 12.8 Å². The van der Waals surface area contributed by atoms with E-state index in [9.17, 15) is 8.42 Å². The molecule has 0 fully saturated rings. The quantitative estimate of drug-likeness (QED) is 0.628.